The van der Waals surface area contributed by atoms with Crippen molar-refractivity contribution >= 4 is 35.3 Å². The van der Waals surface area contributed by atoms with Crippen LogP contribution in [0.1, 0.15) is 15.9 Å². The lowest BCUT2D eigenvalue weighted by atomic mass is 10.2. The Hall–Kier alpha value is -2.24. The zero-order chi connectivity index (χ0) is 15.4. The maximum Gasteiger partial charge on any atom is 0.272 e. The van der Waals surface area contributed by atoms with E-state index in [0.717, 1.165) is 0 Å². The molecule has 0 atom stereocenters. The van der Waals surface area contributed by atoms with Crippen LogP contribution in [-0.2, 0) is 0 Å². The average Bonchev–Trinajstić information content (AvgIpc) is 2.41. The molecule has 0 saturated carbocycles. The smallest absolute Gasteiger partial charge is 0.272 e. The molecule has 0 radical (unpaired) electrons. The van der Waals surface area contributed by atoms with Crippen LogP contribution < -0.4 is 5.43 Å². The molecule has 2 rings (SSSR count). The minimum absolute atomic E-state index is 0.0679. The first-order chi connectivity index (χ1) is 9.97. The van der Waals surface area contributed by atoms with Gasteiger partial charge in [0.05, 0.1) is 16.8 Å². The number of phenolic OH excluding ortho intramolecular Hbond substituents is 2. The van der Waals surface area contributed by atoms with Gasteiger partial charge in [0.1, 0.15) is 11.5 Å². The molecule has 108 valence electrons. The van der Waals surface area contributed by atoms with Crippen molar-refractivity contribution in [3.05, 3.63) is 57.6 Å². The largest absolute Gasteiger partial charge is 0.508 e. The third-order valence-electron chi connectivity index (χ3n) is 2.56. The Morgan fingerprint density at radius 2 is 1.90 bits per heavy atom. The monoisotopic (exact) mass is 324 g/mol. The molecule has 0 heterocycles. The number of aromatic hydroxyl groups is 2. The highest BCUT2D eigenvalue weighted by Gasteiger charge is 2.09. The second-order valence-corrected chi connectivity index (χ2v) is 4.91. The number of carbonyl (C=O) groups excluding carboxylic acids is 1. The summed E-state index contributed by atoms with van der Waals surface area (Å²) in [4.78, 5) is 11.9. The molecule has 21 heavy (non-hydrogen) atoms. The molecule has 0 spiro atoms. The molecule has 2 aromatic rings. The second kappa shape index (κ2) is 6.47. The van der Waals surface area contributed by atoms with Gasteiger partial charge < -0.3 is 10.2 Å². The van der Waals surface area contributed by atoms with E-state index in [1.54, 1.807) is 0 Å². The Morgan fingerprint density at radius 3 is 2.57 bits per heavy atom. The molecule has 3 N–H and O–H groups in total. The molecule has 1 amide bonds. The van der Waals surface area contributed by atoms with Crippen molar-refractivity contribution in [1.29, 1.82) is 0 Å². The van der Waals surface area contributed by atoms with Gasteiger partial charge in [0.2, 0.25) is 0 Å². The fourth-order valence-electron chi connectivity index (χ4n) is 1.54. The van der Waals surface area contributed by atoms with Gasteiger partial charge in [-0.05, 0) is 30.3 Å². The summed E-state index contributed by atoms with van der Waals surface area (Å²) in [6, 6.07) is 8.48. The van der Waals surface area contributed by atoms with Gasteiger partial charge in [-0.3, -0.25) is 4.79 Å². The number of amides is 1. The number of nitrogens with one attached hydrogen (secondary N) is 1. The number of phenols is 2. The standard InChI is InChI=1S/C14H10Cl2N2O3/c15-9-2-4-11(12(16)5-9)14(21)18-17-7-8-1-3-10(19)6-13(8)20/h1-7,19-20H,(H,18,21)/b17-7+. The van der Waals surface area contributed by atoms with Gasteiger partial charge in [-0.15, -0.1) is 0 Å². The normalized spacial score (nSPS) is 10.8. The van der Waals surface area contributed by atoms with Crippen molar-refractivity contribution in [1.82, 2.24) is 5.43 Å². The van der Waals surface area contributed by atoms with Crippen LogP contribution >= 0.6 is 23.2 Å². The molecule has 2 aromatic carbocycles. The Morgan fingerprint density at radius 1 is 1.14 bits per heavy atom. The van der Waals surface area contributed by atoms with Crippen molar-refractivity contribution < 1.29 is 15.0 Å². The fourth-order valence-corrected chi connectivity index (χ4v) is 2.03. The van der Waals surface area contributed by atoms with Gasteiger partial charge in [-0.1, -0.05) is 23.2 Å². The number of halogens is 2. The van der Waals surface area contributed by atoms with Crippen molar-refractivity contribution in [2.24, 2.45) is 5.10 Å². The summed E-state index contributed by atoms with van der Waals surface area (Å²) < 4.78 is 0. The molecule has 7 heteroatoms. The zero-order valence-electron chi connectivity index (χ0n) is 10.5. The summed E-state index contributed by atoms with van der Waals surface area (Å²) in [5.74, 6) is -0.731. The van der Waals surface area contributed by atoms with Crippen molar-refractivity contribution in [3.63, 3.8) is 0 Å². The molecule has 0 unspecified atom stereocenters. The highest BCUT2D eigenvalue weighted by Crippen LogP contribution is 2.22. The molecule has 0 bridgehead atoms. The van der Waals surface area contributed by atoms with Crippen LogP contribution in [-0.4, -0.2) is 22.3 Å². The van der Waals surface area contributed by atoms with Crippen LogP contribution in [0.4, 0.5) is 0 Å². The minimum atomic E-state index is -0.508. The maximum absolute atomic E-state index is 11.9. The zero-order valence-corrected chi connectivity index (χ0v) is 12.1. The summed E-state index contributed by atoms with van der Waals surface area (Å²) in [5.41, 5.74) is 2.85. The molecule has 0 aliphatic carbocycles. The SMILES string of the molecule is O=C(N/N=C/c1ccc(O)cc1O)c1ccc(Cl)cc1Cl. The molecule has 0 fully saturated rings. The van der Waals surface area contributed by atoms with Gasteiger partial charge in [-0.25, -0.2) is 5.43 Å². The summed E-state index contributed by atoms with van der Waals surface area (Å²) in [6.45, 7) is 0. The number of hydrazone groups is 1. The highest BCUT2D eigenvalue weighted by molar-refractivity contribution is 6.36. The Kier molecular flexibility index (Phi) is 4.67. The minimum Gasteiger partial charge on any atom is -0.508 e. The molecule has 0 saturated heterocycles. The van der Waals surface area contributed by atoms with E-state index in [9.17, 15) is 9.90 Å². The van der Waals surface area contributed by atoms with Crippen LogP contribution in [0.25, 0.3) is 0 Å². The highest BCUT2D eigenvalue weighted by atomic mass is 35.5. The van der Waals surface area contributed by atoms with E-state index < -0.39 is 5.91 Å². The Labute approximate surface area is 130 Å². The van der Waals surface area contributed by atoms with Crippen LogP contribution in [0.5, 0.6) is 11.5 Å². The first-order valence-electron chi connectivity index (χ1n) is 5.78. The van der Waals surface area contributed by atoms with Gasteiger partial charge in [-0.2, -0.15) is 5.10 Å². The number of benzene rings is 2. The van der Waals surface area contributed by atoms with Gasteiger partial charge >= 0.3 is 0 Å². The van der Waals surface area contributed by atoms with Crippen LogP contribution in [0.15, 0.2) is 41.5 Å². The first-order valence-corrected chi connectivity index (χ1v) is 6.53. The van der Waals surface area contributed by atoms with Crippen molar-refractivity contribution in [2.75, 3.05) is 0 Å². The summed E-state index contributed by atoms with van der Waals surface area (Å²) in [7, 11) is 0. The molecular weight excluding hydrogens is 315 g/mol. The van der Waals surface area contributed by atoms with Crippen molar-refractivity contribution in [3.8, 4) is 11.5 Å². The molecular formula is C14H10Cl2N2O3. The van der Waals surface area contributed by atoms with E-state index in [1.165, 1.54) is 42.6 Å². The predicted octanol–water partition coefficient (Wildman–Crippen LogP) is 3.17. The van der Waals surface area contributed by atoms with Crippen LogP contribution in [0.3, 0.4) is 0 Å². The number of hydrogen-bond acceptors (Lipinski definition) is 4. The third-order valence-corrected chi connectivity index (χ3v) is 3.11. The number of hydrogen-bond donors (Lipinski definition) is 3. The van der Waals surface area contributed by atoms with E-state index in [0.29, 0.717) is 10.6 Å². The molecule has 0 aliphatic rings. The lowest BCUT2D eigenvalue weighted by Crippen LogP contribution is -2.18. The van der Waals surface area contributed by atoms with Crippen LogP contribution in [0.2, 0.25) is 10.0 Å². The van der Waals surface area contributed by atoms with Gasteiger partial charge in [0, 0.05) is 16.7 Å². The fraction of sp³-hybridized carbons (Fsp3) is 0. The second-order valence-electron chi connectivity index (χ2n) is 4.07. The van der Waals surface area contributed by atoms with E-state index >= 15 is 0 Å². The summed E-state index contributed by atoms with van der Waals surface area (Å²) in [5, 5.41) is 23.1. The van der Waals surface area contributed by atoms with Gasteiger partial charge in [0.25, 0.3) is 5.91 Å². The topological polar surface area (TPSA) is 81.9 Å². The quantitative estimate of drug-likeness (QED) is 0.599. The Balaban J connectivity index is 2.08. The van der Waals surface area contributed by atoms with Crippen LogP contribution in [0, 0.1) is 0 Å². The number of rotatable bonds is 3. The van der Waals surface area contributed by atoms with Crippen molar-refractivity contribution in [2.45, 2.75) is 0 Å². The Bertz CT molecular complexity index is 717. The predicted molar refractivity (Wildman–Crippen MR) is 81.3 cm³/mol. The molecule has 0 aromatic heterocycles. The van der Waals surface area contributed by atoms with E-state index in [4.69, 9.17) is 28.3 Å². The summed E-state index contributed by atoms with van der Waals surface area (Å²) >= 11 is 11.6. The first kappa shape index (κ1) is 15.2. The number of carbonyl (C=O) groups is 1. The average molecular weight is 325 g/mol. The molecule has 5 nitrogen and oxygen atoms in total. The third kappa shape index (κ3) is 3.87. The summed E-state index contributed by atoms with van der Waals surface area (Å²) in [6.07, 6.45) is 1.25. The van der Waals surface area contributed by atoms with Gasteiger partial charge in [0.15, 0.2) is 0 Å². The molecule has 0 aliphatic heterocycles. The lowest BCUT2D eigenvalue weighted by molar-refractivity contribution is 0.0955. The lowest BCUT2D eigenvalue weighted by Gasteiger charge is -2.03. The maximum atomic E-state index is 11.9. The van der Waals surface area contributed by atoms with E-state index in [-0.39, 0.29) is 22.1 Å². The van der Waals surface area contributed by atoms with E-state index in [1.807, 2.05) is 0 Å². The number of nitrogens with zero attached hydrogens (tertiary/aromatic N) is 1. The van der Waals surface area contributed by atoms with E-state index in [2.05, 4.69) is 10.5 Å².